The Morgan fingerprint density at radius 2 is 2.26 bits per heavy atom. The Morgan fingerprint density at radius 1 is 1.42 bits per heavy atom. The van der Waals surface area contributed by atoms with Gasteiger partial charge in [-0.25, -0.2) is 0 Å². The molecule has 19 heavy (non-hydrogen) atoms. The van der Waals surface area contributed by atoms with E-state index in [4.69, 9.17) is 4.74 Å². The minimum absolute atomic E-state index is 0. The zero-order valence-corrected chi connectivity index (χ0v) is 12.7. The first-order valence-electron chi connectivity index (χ1n) is 7.31. The van der Waals surface area contributed by atoms with Crippen molar-refractivity contribution in [2.45, 2.75) is 51.6 Å². The molecule has 2 N–H and O–H groups in total. The van der Waals surface area contributed by atoms with Crippen molar-refractivity contribution in [1.82, 2.24) is 10.6 Å². The summed E-state index contributed by atoms with van der Waals surface area (Å²) in [5.41, 5.74) is -0.217. The fourth-order valence-corrected chi connectivity index (χ4v) is 2.85. The second-order valence-electron chi connectivity index (χ2n) is 5.87. The van der Waals surface area contributed by atoms with Gasteiger partial charge in [0.2, 0.25) is 5.91 Å². The highest BCUT2D eigenvalue weighted by molar-refractivity contribution is 5.85. The Morgan fingerprint density at radius 3 is 2.89 bits per heavy atom. The number of ether oxygens (including phenoxy) is 1. The average Bonchev–Trinajstić information content (AvgIpc) is 2.41. The van der Waals surface area contributed by atoms with Gasteiger partial charge >= 0.3 is 0 Å². The Labute approximate surface area is 122 Å². The summed E-state index contributed by atoms with van der Waals surface area (Å²) in [4.78, 5) is 12.2. The second kappa shape index (κ2) is 8.08. The molecule has 0 radical (unpaired) electrons. The fourth-order valence-electron chi connectivity index (χ4n) is 2.85. The summed E-state index contributed by atoms with van der Waals surface area (Å²) in [6.45, 7) is 5.54. The minimum Gasteiger partial charge on any atom is -0.378 e. The van der Waals surface area contributed by atoms with E-state index >= 15 is 0 Å². The average molecular weight is 291 g/mol. The predicted octanol–water partition coefficient (Wildman–Crippen LogP) is 1.87. The normalized spacial score (nSPS) is 31.3. The number of rotatable bonds is 4. The van der Waals surface area contributed by atoms with Gasteiger partial charge < -0.3 is 15.4 Å². The zero-order chi connectivity index (χ0) is 12.8. The van der Waals surface area contributed by atoms with Crippen LogP contribution in [0.5, 0.6) is 0 Å². The smallest absolute Gasteiger partial charge is 0.227 e. The van der Waals surface area contributed by atoms with Crippen LogP contribution in [0, 0.1) is 5.41 Å². The maximum Gasteiger partial charge on any atom is 0.227 e. The van der Waals surface area contributed by atoms with E-state index in [9.17, 15) is 4.79 Å². The van der Waals surface area contributed by atoms with Crippen LogP contribution in [0.25, 0.3) is 0 Å². The van der Waals surface area contributed by atoms with Crippen LogP contribution >= 0.6 is 12.4 Å². The zero-order valence-electron chi connectivity index (χ0n) is 11.9. The SMILES string of the molecule is CC1(C(=O)NCCC2CCCCO2)CCCNC1.Cl. The lowest BCUT2D eigenvalue weighted by molar-refractivity contribution is -0.131. The lowest BCUT2D eigenvalue weighted by atomic mass is 9.82. The molecule has 0 aromatic heterocycles. The van der Waals surface area contributed by atoms with Crippen molar-refractivity contribution in [2.75, 3.05) is 26.2 Å². The number of halogens is 1. The van der Waals surface area contributed by atoms with Crippen molar-refractivity contribution in [1.29, 1.82) is 0 Å². The summed E-state index contributed by atoms with van der Waals surface area (Å²) in [5, 5.41) is 6.39. The van der Waals surface area contributed by atoms with E-state index in [1.807, 2.05) is 0 Å². The number of piperidine rings is 1. The minimum atomic E-state index is -0.217. The first-order chi connectivity index (χ1) is 8.71. The van der Waals surface area contributed by atoms with Crippen LogP contribution in [-0.4, -0.2) is 38.3 Å². The third kappa shape index (κ3) is 4.93. The second-order valence-corrected chi connectivity index (χ2v) is 5.87. The number of hydrogen-bond donors (Lipinski definition) is 2. The molecule has 2 rings (SSSR count). The van der Waals surface area contributed by atoms with Crippen LogP contribution in [0.3, 0.4) is 0 Å². The molecule has 4 nitrogen and oxygen atoms in total. The third-order valence-electron chi connectivity index (χ3n) is 4.17. The topological polar surface area (TPSA) is 50.4 Å². The molecule has 0 aromatic carbocycles. The van der Waals surface area contributed by atoms with Gasteiger partial charge in [0.1, 0.15) is 0 Å². The van der Waals surface area contributed by atoms with E-state index in [2.05, 4.69) is 17.6 Å². The molecule has 0 aliphatic carbocycles. The van der Waals surface area contributed by atoms with Gasteiger partial charge in [-0.3, -0.25) is 4.79 Å². The van der Waals surface area contributed by atoms with Crippen molar-refractivity contribution >= 4 is 18.3 Å². The number of amides is 1. The fraction of sp³-hybridized carbons (Fsp3) is 0.929. The van der Waals surface area contributed by atoms with Gasteiger partial charge in [-0.2, -0.15) is 0 Å². The van der Waals surface area contributed by atoms with E-state index in [1.165, 1.54) is 12.8 Å². The predicted molar refractivity (Wildman–Crippen MR) is 78.7 cm³/mol. The molecule has 0 saturated carbocycles. The van der Waals surface area contributed by atoms with Crippen molar-refractivity contribution in [3.63, 3.8) is 0 Å². The largest absolute Gasteiger partial charge is 0.378 e. The quantitative estimate of drug-likeness (QED) is 0.831. The van der Waals surface area contributed by atoms with Crippen LogP contribution in [0.15, 0.2) is 0 Å². The molecular formula is C14H27ClN2O2. The molecule has 0 aromatic rings. The summed E-state index contributed by atoms with van der Waals surface area (Å²) in [6, 6.07) is 0. The number of carbonyl (C=O) groups is 1. The summed E-state index contributed by atoms with van der Waals surface area (Å²) in [5.74, 6) is 0.200. The highest BCUT2D eigenvalue weighted by Crippen LogP contribution is 2.25. The van der Waals surface area contributed by atoms with Gasteiger partial charge in [0, 0.05) is 19.7 Å². The summed E-state index contributed by atoms with van der Waals surface area (Å²) >= 11 is 0. The summed E-state index contributed by atoms with van der Waals surface area (Å²) in [7, 11) is 0. The van der Waals surface area contributed by atoms with Crippen molar-refractivity contribution in [2.24, 2.45) is 5.41 Å². The third-order valence-corrected chi connectivity index (χ3v) is 4.17. The number of hydrogen-bond acceptors (Lipinski definition) is 3. The van der Waals surface area contributed by atoms with Crippen LogP contribution < -0.4 is 10.6 Å². The maximum absolute atomic E-state index is 12.2. The first kappa shape index (κ1) is 16.7. The van der Waals surface area contributed by atoms with Gasteiger partial charge in [0.25, 0.3) is 0 Å². The Hall–Kier alpha value is -0.320. The number of nitrogens with one attached hydrogen (secondary N) is 2. The number of carbonyl (C=O) groups excluding carboxylic acids is 1. The van der Waals surface area contributed by atoms with Crippen molar-refractivity contribution in [3.05, 3.63) is 0 Å². The lowest BCUT2D eigenvalue weighted by Gasteiger charge is -2.33. The van der Waals surface area contributed by atoms with Gasteiger partial charge in [0.15, 0.2) is 0 Å². The monoisotopic (exact) mass is 290 g/mol. The first-order valence-corrected chi connectivity index (χ1v) is 7.31. The van der Waals surface area contributed by atoms with E-state index < -0.39 is 0 Å². The van der Waals surface area contributed by atoms with Crippen LogP contribution in [0.1, 0.15) is 45.4 Å². The molecule has 2 aliphatic heterocycles. The van der Waals surface area contributed by atoms with Crippen molar-refractivity contribution < 1.29 is 9.53 Å². The Kier molecular flexibility index (Phi) is 7.11. The molecule has 112 valence electrons. The lowest BCUT2D eigenvalue weighted by Crippen LogP contribution is -2.49. The molecule has 2 unspecified atom stereocenters. The molecule has 0 spiro atoms. The molecule has 2 fully saturated rings. The molecule has 2 aliphatic rings. The van der Waals surface area contributed by atoms with Gasteiger partial charge in [-0.15, -0.1) is 12.4 Å². The Bertz CT molecular complexity index is 275. The highest BCUT2D eigenvalue weighted by atomic mass is 35.5. The molecule has 5 heteroatoms. The summed E-state index contributed by atoms with van der Waals surface area (Å²) < 4.78 is 5.67. The summed E-state index contributed by atoms with van der Waals surface area (Å²) in [6.07, 6.45) is 6.99. The van der Waals surface area contributed by atoms with Gasteiger partial charge in [0.05, 0.1) is 11.5 Å². The van der Waals surface area contributed by atoms with E-state index in [0.717, 1.165) is 51.9 Å². The van der Waals surface area contributed by atoms with E-state index in [1.54, 1.807) is 0 Å². The molecule has 0 bridgehead atoms. The van der Waals surface area contributed by atoms with Crippen LogP contribution in [0.2, 0.25) is 0 Å². The molecule has 2 saturated heterocycles. The van der Waals surface area contributed by atoms with Crippen LogP contribution in [0.4, 0.5) is 0 Å². The van der Waals surface area contributed by atoms with Gasteiger partial charge in [-0.1, -0.05) is 0 Å². The Balaban J connectivity index is 0.00000180. The van der Waals surface area contributed by atoms with E-state index in [0.29, 0.717) is 6.10 Å². The molecule has 2 atom stereocenters. The van der Waals surface area contributed by atoms with Crippen molar-refractivity contribution in [3.8, 4) is 0 Å². The molecule has 2 heterocycles. The van der Waals surface area contributed by atoms with Crippen LogP contribution in [-0.2, 0) is 9.53 Å². The molecular weight excluding hydrogens is 264 g/mol. The maximum atomic E-state index is 12.2. The molecule has 1 amide bonds. The van der Waals surface area contributed by atoms with Gasteiger partial charge in [-0.05, 0) is 52.0 Å². The standard InChI is InChI=1S/C14H26N2O2.ClH/c1-14(7-4-8-15-11-14)13(17)16-9-6-12-5-2-3-10-18-12;/h12,15H,2-11H2,1H3,(H,16,17);1H. The van der Waals surface area contributed by atoms with E-state index in [-0.39, 0.29) is 23.7 Å². The highest BCUT2D eigenvalue weighted by Gasteiger charge is 2.34.